The monoisotopic (exact) mass is 782 g/mol. The fraction of sp³-hybridized carbons (Fsp3) is 0.0566. The molecule has 0 aliphatic rings. The van der Waals surface area contributed by atoms with Gasteiger partial charge in [-0.15, -0.1) is 0 Å². The molecule has 0 aliphatic heterocycles. The lowest BCUT2D eigenvalue weighted by Crippen LogP contribution is -2.11. The molecule has 0 fully saturated rings. The molecule has 60 heavy (non-hydrogen) atoms. The third kappa shape index (κ3) is 5.67. The summed E-state index contributed by atoms with van der Waals surface area (Å²) in [5, 5.41) is 25.3. The predicted molar refractivity (Wildman–Crippen MR) is 235 cm³/mol. The van der Waals surface area contributed by atoms with Crippen LogP contribution in [0.25, 0.3) is 88.4 Å². The highest BCUT2D eigenvalue weighted by Gasteiger charge is 2.36. The van der Waals surface area contributed by atoms with Crippen molar-refractivity contribution in [2.75, 3.05) is 0 Å². The zero-order chi connectivity index (χ0) is 41.3. The van der Waals surface area contributed by atoms with Crippen LogP contribution >= 0.6 is 0 Å². The van der Waals surface area contributed by atoms with Crippen molar-refractivity contribution in [2.45, 2.75) is 20.0 Å². The quantitative estimate of drug-likeness (QED) is 0.175. The van der Waals surface area contributed by atoms with Gasteiger partial charge in [0.25, 0.3) is 0 Å². The standard InChI is InChI=1S/C53H33F3N4/c1-32-12-3-5-15-38(32)34-22-24-42-40-17-7-9-20-46(40)59(49(42)26-34)48-29-44(52-36(30-57)14-11-19-45(52)53(54,55)56)51(28-37(48)31-58)60-47-21-10-8-18-41(47)43-25-23-35(27-50(43)60)39-16-6-4-13-33(39)2/h3-29H,1-2H3. The second-order valence-corrected chi connectivity index (χ2v) is 15.1. The molecule has 4 nitrogen and oxygen atoms in total. The van der Waals surface area contributed by atoms with Crippen LogP contribution in [0.3, 0.4) is 0 Å². The first-order valence-electron chi connectivity index (χ1n) is 19.5. The Kier molecular flexibility index (Phi) is 8.45. The Bertz CT molecular complexity index is 3480. The number of fused-ring (bicyclic) bond motifs is 6. The zero-order valence-corrected chi connectivity index (χ0v) is 32.5. The molecule has 10 rings (SSSR count). The Balaban J connectivity index is 1.37. The van der Waals surface area contributed by atoms with E-state index in [1.54, 1.807) is 12.1 Å². The smallest absolute Gasteiger partial charge is 0.309 e. The molecule has 7 heteroatoms. The lowest BCUT2D eigenvalue weighted by Gasteiger charge is -2.22. The van der Waals surface area contributed by atoms with E-state index in [1.165, 1.54) is 12.1 Å². The summed E-state index contributed by atoms with van der Waals surface area (Å²) in [7, 11) is 0. The van der Waals surface area contributed by atoms with Crippen LogP contribution in [0.15, 0.2) is 164 Å². The molecule has 8 aromatic carbocycles. The van der Waals surface area contributed by atoms with Crippen LogP contribution in [-0.4, -0.2) is 9.13 Å². The number of nitrogens with zero attached hydrogens (tertiary/aromatic N) is 4. The molecular formula is C53H33F3N4. The van der Waals surface area contributed by atoms with Gasteiger partial charge in [0.15, 0.2) is 0 Å². The molecule has 2 heterocycles. The second kappa shape index (κ2) is 13.9. The summed E-state index contributed by atoms with van der Waals surface area (Å²) in [6, 6.07) is 55.7. The SMILES string of the molecule is Cc1ccccc1-c1ccc2c3ccccc3n(-c3cc(-c4c(C#N)cccc4C(F)(F)F)c(-n4c5ccccc5c5ccc(-c6ccccc6C)cc54)cc3C#N)c2c1. The minimum Gasteiger partial charge on any atom is -0.309 e. The minimum atomic E-state index is -4.80. The zero-order valence-electron chi connectivity index (χ0n) is 32.5. The summed E-state index contributed by atoms with van der Waals surface area (Å²) in [5.41, 5.74) is 9.03. The third-order valence-electron chi connectivity index (χ3n) is 11.7. The van der Waals surface area contributed by atoms with E-state index in [2.05, 4.69) is 61.5 Å². The molecule has 0 saturated heterocycles. The lowest BCUT2D eigenvalue weighted by molar-refractivity contribution is -0.137. The van der Waals surface area contributed by atoms with Crippen molar-refractivity contribution in [1.82, 2.24) is 9.13 Å². The van der Waals surface area contributed by atoms with E-state index in [0.717, 1.165) is 83.1 Å². The van der Waals surface area contributed by atoms with E-state index in [4.69, 9.17) is 0 Å². The summed E-state index contributed by atoms with van der Waals surface area (Å²) in [4.78, 5) is 0. The minimum absolute atomic E-state index is 0.132. The molecular weight excluding hydrogens is 750 g/mol. The van der Waals surface area contributed by atoms with Gasteiger partial charge >= 0.3 is 6.18 Å². The first kappa shape index (κ1) is 36.5. The molecule has 0 saturated carbocycles. The lowest BCUT2D eigenvalue weighted by atomic mass is 9.91. The van der Waals surface area contributed by atoms with Crippen molar-refractivity contribution >= 4 is 43.6 Å². The van der Waals surface area contributed by atoms with E-state index in [0.29, 0.717) is 11.4 Å². The van der Waals surface area contributed by atoms with E-state index >= 15 is 13.2 Å². The number of nitriles is 2. The van der Waals surface area contributed by atoms with Gasteiger partial charge in [-0.2, -0.15) is 23.7 Å². The normalized spacial score (nSPS) is 11.7. The highest BCUT2D eigenvalue weighted by atomic mass is 19.4. The predicted octanol–water partition coefficient (Wildman–Crippen LogP) is 14.3. The Morgan fingerprint density at radius 3 is 1.43 bits per heavy atom. The van der Waals surface area contributed by atoms with Gasteiger partial charge in [-0.1, -0.05) is 115 Å². The molecule has 286 valence electrons. The van der Waals surface area contributed by atoms with Gasteiger partial charge in [0.2, 0.25) is 0 Å². The van der Waals surface area contributed by atoms with E-state index in [9.17, 15) is 10.5 Å². The molecule has 0 amide bonds. The summed E-state index contributed by atoms with van der Waals surface area (Å²) in [6.07, 6.45) is -4.80. The van der Waals surface area contributed by atoms with Crippen molar-refractivity contribution in [3.05, 3.63) is 192 Å². The fourth-order valence-electron chi connectivity index (χ4n) is 9.00. The van der Waals surface area contributed by atoms with Crippen LogP contribution in [0.4, 0.5) is 13.2 Å². The number of alkyl halides is 3. The number of para-hydroxylation sites is 2. The largest absolute Gasteiger partial charge is 0.417 e. The van der Waals surface area contributed by atoms with Crippen LogP contribution in [-0.2, 0) is 6.18 Å². The molecule has 0 aliphatic carbocycles. The van der Waals surface area contributed by atoms with Crippen LogP contribution < -0.4 is 0 Å². The molecule has 10 aromatic rings. The van der Waals surface area contributed by atoms with Crippen molar-refractivity contribution in [2.24, 2.45) is 0 Å². The fourth-order valence-corrected chi connectivity index (χ4v) is 9.00. The van der Waals surface area contributed by atoms with Gasteiger partial charge in [-0.05, 0) is 95.8 Å². The number of halogens is 3. The van der Waals surface area contributed by atoms with Crippen molar-refractivity contribution in [3.8, 4) is 56.9 Å². The molecule has 0 spiro atoms. The highest BCUT2D eigenvalue weighted by Crippen LogP contribution is 2.46. The first-order valence-corrected chi connectivity index (χ1v) is 19.5. The Labute approximate surface area is 343 Å². The van der Waals surface area contributed by atoms with Crippen LogP contribution in [0.2, 0.25) is 0 Å². The summed E-state index contributed by atoms with van der Waals surface area (Å²) >= 11 is 0. The van der Waals surface area contributed by atoms with Crippen molar-refractivity contribution in [3.63, 3.8) is 0 Å². The van der Waals surface area contributed by atoms with Crippen molar-refractivity contribution < 1.29 is 13.2 Å². The number of hydrogen-bond acceptors (Lipinski definition) is 2. The van der Waals surface area contributed by atoms with Crippen LogP contribution in [0.1, 0.15) is 27.8 Å². The van der Waals surface area contributed by atoms with E-state index in [-0.39, 0.29) is 22.3 Å². The Hall–Kier alpha value is -7.87. The molecule has 2 aromatic heterocycles. The highest BCUT2D eigenvalue weighted by molar-refractivity contribution is 6.12. The molecule has 0 atom stereocenters. The number of rotatable bonds is 5. The topological polar surface area (TPSA) is 57.4 Å². The van der Waals surface area contributed by atoms with Gasteiger partial charge in [0.05, 0.1) is 56.2 Å². The Morgan fingerprint density at radius 2 is 0.917 bits per heavy atom. The molecule has 0 bridgehead atoms. The van der Waals surface area contributed by atoms with Crippen LogP contribution in [0, 0.1) is 36.5 Å². The van der Waals surface area contributed by atoms with E-state index < -0.39 is 11.7 Å². The number of aromatic nitrogens is 2. The maximum Gasteiger partial charge on any atom is 0.417 e. The van der Waals surface area contributed by atoms with Gasteiger partial charge in [0.1, 0.15) is 6.07 Å². The van der Waals surface area contributed by atoms with E-state index in [1.807, 2.05) is 107 Å². The number of aryl methyl sites for hydroxylation is 2. The summed E-state index contributed by atoms with van der Waals surface area (Å²) in [6.45, 7) is 4.10. The van der Waals surface area contributed by atoms with Gasteiger partial charge in [-0.3, -0.25) is 0 Å². The second-order valence-electron chi connectivity index (χ2n) is 15.1. The molecule has 0 radical (unpaired) electrons. The third-order valence-corrected chi connectivity index (χ3v) is 11.7. The Morgan fingerprint density at radius 1 is 0.433 bits per heavy atom. The molecule has 0 unspecified atom stereocenters. The number of benzene rings is 8. The van der Waals surface area contributed by atoms with Crippen LogP contribution in [0.5, 0.6) is 0 Å². The number of hydrogen-bond donors (Lipinski definition) is 0. The average molecular weight is 783 g/mol. The maximum absolute atomic E-state index is 15.3. The van der Waals surface area contributed by atoms with Gasteiger partial charge in [0, 0.05) is 32.7 Å². The van der Waals surface area contributed by atoms with Gasteiger partial charge < -0.3 is 9.13 Å². The average Bonchev–Trinajstić information content (AvgIpc) is 3.77. The maximum atomic E-state index is 15.3. The molecule has 0 N–H and O–H groups in total. The van der Waals surface area contributed by atoms with Crippen molar-refractivity contribution in [1.29, 1.82) is 10.5 Å². The first-order chi connectivity index (χ1) is 29.2. The summed E-state index contributed by atoms with van der Waals surface area (Å²) in [5.74, 6) is 0. The summed E-state index contributed by atoms with van der Waals surface area (Å²) < 4.78 is 49.9. The van der Waals surface area contributed by atoms with Gasteiger partial charge in [-0.25, -0.2) is 0 Å².